The molecule has 4 aromatic rings. The van der Waals surface area contributed by atoms with Gasteiger partial charge in [0, 0.05) is 36.1 Å². The van der Waals surface area contributed by atoms with Gasteiger partial charge in [-0.2, -0.15) is 10.2 Å². The molecule has 7 nitrogen and oxygen atoms in total. The maximum atomic E-state index is 12.7. The number of benzene rings is 2. The van der Waals surface area contributed by atoms with Crippen LogP contribution in [0, 0.1) is 17.2 Å². The zero-order valence-corrected chi connectivity index (χ0v) is 17.7. The van der Waals surface area contributed by atoms with Crippen LogP contribution in [0.4, 0.5) is 11.6 Å². The Kier molecular flexibility index (Phi) is 5.04. The zero-order chi connectivity index (χ0) is 22.1. The minimum atomic E-state index is 0.0822. The van der Waals surface area contributed by atoms with Crippen molar-refractivity contribution < 1.29 is 4.79 Å². The van der Waals surface area contributed by atoms with Crippen molar-refractivity contribution in [3.63, 3.8) is 0 Å². The van der Waals surface area contributed by atoms with Crippen LogP contribution < -0.4 is 5.32 Å². The molecule has 1 fully saturated rings. The molecular formula is C25H22N6O. The third-order valence-electron chi connectivity index (χ3n) is 5.79. The number of carbonyl (C=O) groups is 1. The number of nitrogens with one attached hydrogen (secondary N) is 1. The van der Waals surface area contributed by atoms with Crippen LogP contribution in [0.1, 0.15) is 29.3 Å². The molecular weight excluding hydrogens is 400 g/mol. The molecule has 158 valence electrons. The number of carbonyl (C=O) groups excluding carboxylic acids is 1. The highest BCUT2D eigenvalue weighted by Gasteiger charge is 2.24. The third-order valence-corrected chi connectivity index (χ3v) is 5.79. The predicted molar refractivity (Wildman–Crippen MR) is 123 cm³/mol. The van der Waals surface area contributed by atoms with E-state index < -0.39 is 0 Å². The number of aromatic nitrogens is 3. The fourth-order valence-electron chi connectivity index (χ4n) is 4.04. The maximum Gasteiger partial charge on any atom is 0.253 e. The number of likely N-dealkylation sites (tertiary alicyclic amines) is 1. The SMILES string of the molecule is C[C@H]1CCN(C(=O)c2ccc(Nc3nc4c(-c5ccc(C#N)cc5)cccn4n3)cc2)C1. The molecule has 7 heteroatoms. The van der Waals surface area contributed by atoms with Gasteiger partial charge in [-0.1, -0.05) is 19.1 Å². The largest absolute Gasteiger partial charge is 0.338 e. The fraction of sp³-hybridized carbons (Fsp3) is 0.200. The molecule has 2 aromatic carbocycles. The van der Waals surface area contributed by atoms with E-state index in [1.54, 1.807) is 16.6 Å². The lowest BCUT2D eigenvalue weighted by molar-refractivity contribution is 0.0788. The van der Waals surface area contributed by atoms with Gasteiger partial charge in [-0.25, -0.2) is 4.52 Å². The van der Waals surface area contributed by atoms with Gasteiger partial charge in [-0.15, -0.1) is 5.10 Å². The van der Waals surface area contributed by atoms with E-state index in [4.69, 9.17) is 5.26 Å². The molecule has 0 radical (unpaired) electrons. The van der Waals surface area contributed by atoms with Crippen molar-refractivity contribution in [1.82, 2.24) is 19.5 Å². The number of hydrogen-bond donors (Lipinski definition) is 1. The van der Waals surface area contributed by atoms with Crippen molar-refractivity contribution in [3.05, 3.63) is 78.0 Å². The molecule has 0 spiro atoms. The minimum absolute atomic E-state index is 0.0822. The second kappa shape index (κ2) is 8.16. The van der Waals surface area contributed by atoms with Crippen molar-refractivity contribution in [2.24, 2.45) is 5.92 Å². The van der Waals surface area contributed by atoms with E-state index in [0.29, 0.717) is 23.0 Å². The summed E-state index contributed by atoms with van der Waals surface area (Å²) in [5, 5.41) is 16.8. The first kappa shape index (κ1) is 19.8. The molecule has 0 unspecified atom stereocenters. The number of amides is 1. The second-order valence-electron chi connectivity index (χ2n) is 8.16. The summed E-state index contributed by atoms with van der Waals surface area (Å²) in [7, 11) is 0. The predicted octanol–water partition coefficient (Wildman–Crippen LogP) is 4.49. The summed E-state index contributed by atoms with van der Waals surface area (Å²) in [6, 6.07) is 20.9. The fourth-order valence-corrected chi connectivity index (χ4v) is 4.04. The molecule has 0 aliphatic carbocycles. The minimum Gasteiger partial charge on any atom is -0.338 e. The van der Waals surface area contributed by atoms with E-state index in [0.717, 1.165) is 42.0 Å². The van der Waals surface area contributed by atoms with Gasteiger partial charge in [-0.3, -0.25) is 4.79 Å². The molecule has 1 aliphatic heterocycles. The molecule has 5 rings (SSSR count). The number of hydrogen-bond acceptors (Lipinski definition) is 5. The Bertz CT molecular complexity index is 1320. The van der Waals surface area contributed by atoms with E-state index in [1.165, 1.54) is 0 Å². The van der Waals surface area contributed by atoms with Gasteiger partial charge in [0.25, 0.3) is 5.91 Å². The second-order valence-corrected chi connectivity index (χ2v) is 8.16. The van der Waals surface area contributed by atoms with Gasteiger partial charge in [0.15, 0.2) is 5.65 Å². The molecule has 1 aliphatic rings. The number of nitriles is 1. The zero-order valence-electron chi connectivity index (χ0n) is 17.7. The van der Waals surface area contributed by atoms with Crippen LogP contribution in [0.3, 0.4) is 0 Å². The van der Waals surface area contributed by atoms with Crippen molar-refractivity contribution >= 4 is 23.2 Å². The van der Waals surface area contributed by atoms with E-state index in [1.807, 2.05) is 59.6 Å². The van der Waals surface area contributed by atoms with Gasteiger partial charge >= 0.3 is 0 Å². The molecule has 32 heavy (non-hydrogen) atoms. The number of fused-ring (bicyclic) bond motifs is 1. The van der Waals surface area contributed by atoms with Gasteiger partial charge in [0.1, 0.15) is 0 Å². The average Bonchev–Trinajstić information content (AvgIpc) is 3.44. The monoisotopic (exact) mass is 422 g/mol. The van der Waals surface area contributed by atoms with Crippen LogP contribution in [0.15, 0.2) is 66.9 Å². The highest BCUT2D eigenvalue weighted by molar-refractivity contribution is 5.94. The normalized spacial score (nSPS) is 15.6. The molecule has 0 saturated carbocycles. The molecule has 1 N–H and O–H groups in total. The lowest BCUT2D eigenvalue weighted by Gasteiger charge is -2.16. The molecule has 0 bridgehead atoms. The first-order chi connectivity index (χ1) is 15.6. The van der Waals surface area contributed by atoms with E-state index in [9.17, 15) is 4.79 Å². The first-order valence-corrected chi connectivity index (χ1v) is 10.6. The average molecular weight is 422 g/mol. The van der Waals surface area contributed by atoms with E-state index >= 15 is 0 Å². The third kappa shape index (κ3) is 3.79. The van der Waals surface area contributed by atoms with Gasteiger partial charge in [0.2, 0.25) is 5.95 Å². The molecule has 2 aromatic heterocycles. The summed E-state index contributed by atoms with van der Waals surface area (Å²) in [6.07, 6.45) is 2.91. The smallest absolute Gasteiger partial charge is 0.253 e. The summed E-state index contributed by atoms with van der Waals surface area (Å²) < 4.78 is 1.72. The Hall–Kier alpha value is -4.18. The molecule has 1 amide bonds. The highest BCUT2D eigenvalue weighted by Crippen LogP contribution is 2.25. The lowest BCUT2D eigenvalue weighted by atomic mass is 10.1. The maximum absolute atomic E-state index is 12.7. The Labute approximate surface area is 185 Å². The van der Waals surface area contributed by atoms with Crippen LogP contribution in [0.2, 0.25) is 0 Å². The van der Waals surface area contributed by atoms with Crippen LogP contribution in [0.25, 0.3) is 16.8 Å². The standard InChI is InChI=1S/C25H22N6O/c1-17-12-14-30(16-17)24(32)20-8-10-21(11-9-20)27-25-28-23-22(3-2-13-31(23)29-25)19-6-4-18(15-26)5-7-19/h2-11,13,17H,12,14,16H2,1H3,(H,27,29)/t17-/m0/s1. The Morgan fingerprint density at radius 2 is 1.91 bits per heavy atom. The molecule has 1 saturated heterocycles. The number of rotatable bonds is 4. The Morgan fingerprint density at radius 1 is 1.12 bits per heavy atom. The van der Waals surface area contributed by atoms with E-state index in [2.05, 4.69) is 28.4 Å². The van der Waals surface area contributed by atoms with Crippen LogP contribution in [-0.2, 0) is 0 Å². The van der Waals surface area contributed by atoms with Crippen LogP contribution in [-0.4, -0.2) is 38.5 Å². The topological polar surface area (TPSA) is 86.3 Å². The number of anilines is 2. The highest BCUT2D eigenvalue weighted by atomic mass is 16.2. The number of nitrogens with zero attached hydrogens (tertiary/aromatic N) is 5. The van der Waals surface area contributed by atoms with Crippen molar-refractivity contribution in [1.29, 1.82) is 5.26 Å². The van der Waals surface area contributed by atoms with Crippen LogP contribution >= 0.6 is 0 Å². The summed E-state index contributed by atoms with van der Waals surface area (Å²) >= 11 is 0. The molecule has 3 heterocycles. The lowest BCUT2D eigenvalue weighted by Crippen LogP contribution is -2.28. The Balaban J connectivity index is 1.36. The molecule has 1 atom stereocenters. The van der Waals surface area contributed by atoms with Gasteiger partial charge in [-0.05, 0) is 66.4 Å². The quantitative estimate of drug-likeness (QED) is 0.524. The number of pyridine rings is 1. The van der Waals surface area contributed by atoms with Crippen molar-refractivity contribution in [2.75, 3.05) is 18.4 Å². The van der Waals surface area contributed by atoms with Gasteiger partial charge < -0.3 is 10.2 Å². The van der Waals surface area contributed by atoms with E-state index in [-0.39, 0.29) is 5.91 Å². The van der Waals surface area contributed by atoms with Crippen molar-refractivity contribution in [2.45, 2.75) is 13.3 Å². The van der Waals surface area contributed by atoms with Gasteiger partial charge in [0.05, 0.1) is 11.6 Å². The summed E-state index contributed by atoms with van der Waals surface area (Å²) in [6.45, 7) is 3.83. The van der Waals surface area contributed by atoms with Crippen molar-refractivity contribution in [3.8, 4) is 17.2 Å². The first-order valence-electron chi connectivity index (χ1n) is 10.6. The summed E-state index contributed by atoms with van der Waals surface area (Å²) in [5.41, 5.74) is 4.73. The summed E-state index contributed by atoms with van der Waals surface area (Å²) in [4.78, 5) is 19.2. The summed E-state index contributed by atoms with van der Waals surface area (Å²) in [5.74, 6) is 1.12. The van der Waals surface area contributed by atoms with Crippen LogP contribution in [0.5, 0.6) is 0 Å². The Morgan fingerprint density at radius 3 is 2.59 bits per heavy atom.